The molecule has 0 spiro atoms. The van der Waals surface area contributed by atoms with E-state index in [2.05, 4.69) is 4.40 Å². The SMILES string of the molecule is Cc1ccc(C=N[S@](=O)C(C)(C)C)c(F)c1. The second-order valence-corrected chi connectivity index (χ2v) is 6.55. The van der Waals surface area contributed by atoms with Gasteiger partial charge >= 0.3 is 0 Å². The van der Waals surface area contributed by atoms with Crippen LogP contribution in [0.1, 0.15) is 31.9 Å². The molecule has 16 heavy (non-hydrogen) atoms. The lowest BCUT2D eigenvalue weighted by Crippen LogP contribution is -2.19. The average Bonchev–Trinajstić information content (AvgIpc) is 2.14. The Bertz CT molecular complexity index is 435. The molecule has 0 saturated heterocycles. The van der Waals surface area contributed by atoms with Crippen molar-refractivity contribution < 1.29 is 8.60 Å². The van der Waals surface area contributed by atoms with Crippen LogP contribution in [0.3, 0.4) is 0 Å². The Balaban J connectivity index is 2.89. The highest BCUT2D eigenvalue weighted by Gasteiger charge is 2.18. The zero-order chi connectivity index (χ0) is 12.3. The Morgan fingerprint density at radius 2 is 2.00 bits per heavy atom. The number of hydrogen-bond donors (Lipinski definition) is 0. The van der Waals surface area contributed by atoms with E-state index in [1.165, 1.54) is 12.3 Å². The monoisotopic (exact) mass is 241 g/mol. The maximum atomic E-state index is 13.4. The predicted octanol–water partition coefficient (Wildman–Crippen LogP) is 3.02. The van der Waals surface area contributed by atoms with Crippen molar-refractivity contribution in [3.05, 3.63) is 35.1 Å². The number of rotatable bonds is 2. The molecule has 0 unspecified atom stereocenters. The predicted molar refractivity (Wildman–Crippen MR) is 66.6 cm³/mol. The van der Waals surface area contributed by atoms with Crippen molar-refractivity contribution in [1.29, 1.82) is 0 Å². The van der Waals surface area contributed by atoms with Crippen LogP contribution in [-0.4, -0.2) is 15.2 Å². The smallest absolute Gasteiger partial charge is 0.144 e. The van der Waals surface area contributed by atoms with Gasteiger partial charge in [0, 0.05) is 11.8 Å². The van der Waals surface area contributed by atoms with E-state index in [-0.39, 0.29) is 5.82 Å². The molecule has 2 nitrogen and oxygen atoms in total. The molecule has 1 aromatic rings. The van der Waals surface area contributed by atoms with Crippen LogP contribution in [-0.2, 0) is 11.0 Å². The summed E-state index contributed by atoms with van der Waals surface area (Å²) in [5.74, 6) is -0.338. The van der Waals surface area contributed by atoms with Gasteiger partial charge in [-0.2, -0.15) is 4.40 Å². The van der Waals surface area contributed by atoms with E-state index >= 15 is 0 Å². The topological polar surface area (TPSA) is 29.4 Å². The van der Waals surface area contributed by atoms with Crippen molar-refractivity contribution in [1.82, 2.24) is 0 Å². The maximum absolute atomic E-state index is 13.4. The minimum Gasteiger partial charge on any atom is -0.234 e. The van der Waals surface area contributed by atoms with Crippen LogP contribution in [0, 0.1) is 12.7 Å². The summed E-state index contributed by atoms with van der Waals surface area (Å²) < 4.78 is 28.5. The number of hydrogen-bond acceptors (Lipinski definition) is 1. The Morgan fingerprint density at radius 1 is 1.38 bits per heavy atom. The van der Waals surface area contributed by atoms with Crippen molar-refractivity contribution in [3.8, 4) is 0 Å². The summed E-state index contributed by atoms with van der Waals surface area (Å²) in [7, 11) is -1.35. The molecule has 1 aromatic carbocycles. The highest BCUT2D eigenvalue weighted by molar-refractivity contribution is 7.85. The first-order valence-corrected chi connectivity index (χ1v) is 6.13. The van der Waals surface area contributed by atoms with Crippen LogP contribution in [0.5, 0.6) is 0 Å². The molecule has 4 heteroatoms. The summed E-state index contributed by atoms with van der Waals surface area (Å²) in [5, 5.41) is 0. The third-order valence-electron chi connectivity index (χ3n) is 1.97. The summed E-state index contributed by atoms with van der Waals surface area (Å²) in [5.41, 5.74) is 1.22. The fraction of sp³-hybridized carbons (Fsp3) is 0.417. The molecule has 0 fully saturated rings. The first-order valence-electron chi connectivity index (χ1n) is 5.03. The van der Waals surface area contributed by atoms with Crippen molar-refractivity contribution in [3.63, 3.8) is 0 Å². The van der Waals surface area contributed by atoms with Gasteiger partial charge in [0.25, 0.3) is 0 Å². The summed E-state index contributed by atoms with van der Waals surface area (Å²) >= 11 is 0. The first-order chi connectivity index (χ1) is 7.30. The molecule has 0 aliphatic heterocycles. The lowest BCUT2D eigenvalue weighted by molar-refractivity contribution is 0.624. The van der Waals surface area contributed by atoms with E-state index in [1.54, 1.807) is 12.1 Å². The highest BCUT2D eigenvalue weighted by Crippen LogP contribution is 2.13. The molecule has 88 valence electrons. The Labute approximate surface area is 98.2 Å². The van der Waals surface area contributed by atoms with Crippen LogP contribution in [0.4, 0.5) is 4.39 Å². The van der Waals surface area contributed by atoms with Gasteiger partial charge < -0.3 is 0 Å². The Hall–Kier alpha value is -1.03. The molecule has 0 N–H and O–H groups in total. The van der Waals surface area contributed by atoms with Crippen molar-refractivity contribution in [2.45, 2.75) is 32.4 Å². The number of benzene rings is 1. The molecule has 0 aliphatic carbocycles. The van der Waals surface area contributed by atoms with E-state index in [4.69, 9.17) is 0 Å². The van der Waals surface area contributed by atoms with Gasteiger partial charge in [-0.15, -0.1) is 0 Å². The summed E-state index contributed by atoms with van der Waals surface area (Å²) in [6.07, 6.45) is 1.33. The molecule has 0 radical (unpaired) electrons. The quantitative estimate of drug-likeness (QED) is 0.732. The van der Waals surface area contributed by atoms with Gasteiger partial charge in [0.15, 0.2) is 0 Å². The molecule has 0 heterocycles. The van der Waals surface area contributed by atoms with Crippen molar-refractivity contribution in [2.24, 2.45) is 4.40 Å². The first kappa shape index (κ1) is 13.0. The van der Waals surface area contributed by atoms with Gasteiger partial charge in [0.1, 0.15) is 16.8 Å². The zero-order valence-corrected chi connectivity index (χ0v) is 10.8. The zero-order valence-electron chi connectivity index (χ0n) is 9.95. The van der Waals surface area contributed by atoms with E-state index in [1.807, 2.05) is 27.7 Å². The van der Waals surface area contributed by atoms with E-state index in [9.17, 15) is 8.60 Å². The van der Waals surface area contributed by atoms with Crippen LogP contribution >= 0.6 is 0 Å². The Morgan fingerprint density at radius 3 is 2.50 bits per heavy atom. The molecule has 1 rings (SSSR count). The number of nitrogens with zero attached hydrogens (tertiary/aromatic N) is 1. The second-order valence-electron chi connectivity index (χ2n) is 4.62. The van der Waals surface area contributed by atoms with Crippen LogP contribution in [0.15, 0.2) is 22.6 Å². The molecular weight excluding hydrogens is 225 g/mol. The molecular formula is C12H16FNOS. The standard InChI is InChI=1S/C12H16FNOS/c1-9-5-6-10(11(13)7-9)8-14-16(15)12(2,3)4/h5-8H,1-4H3/t16-/m1/s1. The molecule has 0 bridgehead atoms. The van der Waals surface area contributed by atoms with Crippen molar-refractivity contribution in [2.75, 3.05) is 0 Å². The van der Waals surface area contributed by atoms with Gasteiger partial charge in [-0.1, -0.05) is 12.1 Å². The molecule has 0 amide bonds. The number of aryl methyl sites for hydroxylation is 1. The van der Waals surface area contributed by atoms with Gasteiger partial charge in [-0.25, -0.2) is 8.60 Å². The highest BCUT2D eigenvalue weighted by atomic mass is 32.2. The van der Waals surface area contributed by atoms with Gasteiger partial charge in [-0.05, 0) is 39.3 Å². The molecule has 0 saturated carbocycles. The molecule has 0 aromatic heterocycles. The van der Waals surface area contributed by atoms with Crippen LogP contribution in [0.25, 0.3) is 0 Å². The fourth-order valence-electron chi connectivity index (χ4n) is 1.000. The van der Waals surface area contributed by atoms with Crippen LogP contribution in [0.2, 0.25) is 0 Å². The third kappa shape index (κ3) is 3.52. The molecule has 1 atom stereocenters. The van der Waals surface area contributed by atoms with Gasteiger partial charge in [0.05, 0.1) is 4.75 Å². The minimum atomic E-state index is -1.35. The Kier molecular flexibility index (Phi) is 3.97. The van der Waals surface area contributed by atoms with E-state index in [0.29, 0.717) is 5.56 Å². The van der Waals surface area contributed by atoms with Gasteiger partial charge in [-0.3, -0.25) is 0 Å². The van der Waals surface area contributed by atoms with Gasteiger partial charge in [0.2, 0.25) is 0 Å². The second kappa shape index (κ2) is 4.87. The number of halogens is 1. The fourth-order valence-corrected chi connectivity index (χ4v) is 1.53. The molecule has 0 aliphatic rings. The van der Waals surface area contributed by atoms with Crippen LogP contribution < -0.4 is 0 Å². The lowest BCUT2D eigenvalue weighted by atomic mass is 10.1. The maximum Gasteiger partial charge on any atom is 0.144 e. The normalized spacial score (nSPS) is 14.3. The summed E-state index contributed by atoms with van der Waals surface area (Å²) in [6, 6.07) is 4.86. The van der Waals surface area contributed by atoms with E-state index < -0.39 is 15.7 Å². The minimum absolute atomic E-state index is 0.338. The summed E-state index contributed by atoms with van der Waals surface area (Å²) in [4.78, 5) is 0. The van der Waals surface area contributed by atoms with E-state index in [0.717, 1.165) is 5.56 Å². The van der Waals surface area contributed by atoms with Crippen molar-refractivity contribution >= 4 is 17.2 Å². The average molecular weight is 241 g/mol. The summed E-state index contributed by atoms with van der Waals surface area (Å²) in [6.45, 7) is 7.29. The third-order valence-corrected chi connectivity index (χ3v) is 3.31. The lowest BCUT2D eigenvalue weighted by Gasteiger charge is -2.12. The largest absolute Gasteiger partial charge is 0.234 e.